The second-order valence-electron chi connectivity index (χ2n) is 2.87. The molecule has 0 saturated carbocycles. The first kappa shape index (κ1) is 6.76. The first-order chi connectivity index (χ1) is 4.11. The third-order valence-electron chi connectivity index (χ3n) is 1.11. The summed E-state index contributed by atoms with van der Waals surface area (Å²) in [5.74, 6) is 0. The molecule has 0 aliphatic rings. The van der Waals surface area contributed by atoms with Gasteiger partial charge in [0.1, 0.15) is 6.26 Å². The number of hydrogen-bond acceptors (Lipinski definition) is 2. The Hall–Kier alpha value is -0.360. The molecule has 1 aromatic rings. The maximum Gasteiger partial charge on any atom is 0.221 e. The molecule has 0 atom stereocenters. The fourth-order valence-corrected chi connectivity index (χ4v) is 1.35. The number of rotatable bonds is 1. The summed E-state index contributed by atoms with van der Waals surface area (Å²) in [5.41, 5.74) is 1.11. The van der Waals surface area contributed by atoms with E-state index in [4.69, 9.17) is 4.52 Å². The summed E-state index contributed by atoms with van der Waals surface area (Å²) in [6.07, 6.45) is 1.63. The molecule has 0 aliphatic carbocycles. The minimum absolute atomic E-state index is 0.925. The van der Waals surface area contributed by atoms with Crippen molar-refractivity contribution >= 4 is 12.7 Å². The zero-order valence-electron chi connectivity index (χ0n) is 5.96. The molecule has 1 heterocycles. The van der Waals surface area contributed by atoms with Crippen LogP contribution in [0.4, 0.5) is 0 Å². The molecule has 0 saturated heterocycles. The van der Waals surface area contributed by atoms with Crippen molar-refractivity contribution in [2.75, 3.05) is 20.0 Å². The summed E-state index contributed by atoms with van der Waals surface area (Å²) < 4.78 is 4.72. The van der Waals surface area contributed by atoms with Gasteiger partial charge in [0.2, 0.25) is 5.44 Å². The average Bonchev–Trinajstić information content (AvgIpc) is 2.08. The number of nitrogens with zero attached hydrogens (tertiary/aromatic N) is 1. The number of hydrogen-bond donors (Lipinski definition) is 0. The van der Waals surface area contributed by atoms with E-state index in [1.54, 1.807) is 6.26 Å². The lowest BCUT2D eigenvalue weighted by Crippen LogP contribution is -2.07. The molecule has 50 valence electrons. The average molecular weight is 144 g/mol. The van der Waals surface area contributed by atoms with E-state index in [0.29, 0.717) is 0 Å². The van der Waals surface area contributed by atoms with Crippen LogP contribution in [0.2, 0.25) is 0 Å². The van der Waals surface area contributed by atoms with Crippen molar-refractivity contribution in [3.05, 3.63) is 12.3 Å². The van der Waals surface area contributed by atoms with Gasteiger partial charge < -0.3 is 4.52 Å². The van der Waals surface area contributed by atoms with E-state index in [-0.39, 0.29) is 0 Å². The van der Waals surface area contributed by atoms with Crippen LogP contribution < -0.4 is 5.44 Å². The van der Waals surface area contributed by atoms with Gasteiger partial charge in [0.05, 0.1) is 27.3 Å². The van der Waals surface area contributed by atoms with Crippen molar-refractivity contribution in [2.45, 2.75) is 0 Å². The second kappa shape index (κ2) is 2.11. The zero-order chi connectivity index (χ0) is 6.91. The van der Waals surface area contributed by atoms with Crippen molar-refractivity contribution in [3.8, 4) is 0 Å². The Kier molecular flexibility index (Phi) is 1.58. The van der Waals surface area contributed by atoms with Crippen LogP contribution in [-0.2, 0) is 0 Å². The Morgan fingerprint density at radius 2 is 2.11 bits per heavy atom. The van der Waals surface area contributed by atoms with Gasteiger partial charge in [-0.1, -0.05) is 0 Å². The Morgan fingerprint density at radius 1 is 1.44 bits per heavy atom. The maximum absolute atomic E-state index is 4.72. The second-order valence-corrected chi connectivity index (χ2v) is 7.35. The Balaban J connectivity index is 2.90. The molecular weight excluding hydrogens is 133 g/mol. The van der Waals surface area contributed by atoms with E-state index in [9.17, 15) is 0 Å². The van der Waals surface area contributed by atoms with Gasteiger partial charge in [-0.05, 0) is 5.16 Å². The molecule has 3 heteroatoms. The van der Waals surface area contributed by atoms with E-state index in [1.165, 1.54) is 0 Å². The van der Waals surface area contributed by atoms with Crippen LogP contribution in [0.25, 0.3) is 0 Å². The van der Waals surface area contributed by atoms with Gasteiger partial charge >= 0.3 is 0 Å². The first-order valence-corrected chi connectivity index (χ1v) is 5.96. The monoisotopic (exact) mass is 144 g/mol. The molecule has 2 nitrogen and oxygen atoms in total. The van der Waals surface area contributed by atoms with Gasteiger partial charge in [0.15, 0.2) is 0 Å². The summed E-state index contributed by atoms with van der Waals surface area (Å²) in [4.78, 5) is 0. The van der Waals surface area contributed by atoms with Gasteiger partial charge in [-0.3, -0.25) is 0 Å². The fourth-order valence-electron chi connectivity index (χ4n) is 0.552. The van der Waals surface area contributed by atoms with E-state index < -0.39 is 7.26 Å². The summed E-state index contributed by atoms with van der Waals surface area (Å²) in [7, 11) is -0.925. The lowest BCUT2D eigenvalue weighted by molar-refractivity contribution is 0.425. The summed E-state index contributed by atoms with van der Waals surface area (Å²) >= 11 is 0. The molecule has 0 radical (unpaired) electrons. The molecule has 0 amide bonds. The molecule has 0 aromatic carbocycles. The highest BCUT2D eigenvalue weighted by atomic mass is 31.2. The molecule has 1 rings (SSSR count). The smallest absolute Gasteiger partial charge is 0.221 e. The van der Waals surface area contributed by atoms with Gasteiger partial charge in [-0.2, -0.15) is 0 Å². The standard InChI is InChI=1S/C6H11NOP/c1-9(2,3)6-4-5-8-7-6/h4-5H,1-3H3/q+1. The Morgan fingerprint density at radius 3 is 2.33 bits per heavy atom. The van der Waals surface area contributed by atoms with Crippen LogP contribution in [-0.4, -0.2) is 25.2 Å². The van der Waals surface area contributed by atoms with Gasteiger partial charge in [0.25, 0.3) is 0 Å². The SMILES string of the molecule is C[P+](C)(C)c1ccon1. The predicted molar refractivity (Wildman–Crippen MR) is 40.8 cm³/mol. The Labute approximate surface area is 55.6 Å². The van der Waals surface area contributed by atoms with E-state index >= 15 is 0 Å². The van der Waals surface area contributed by atoms with Crippen molar-refractivity contribution in [1.29, 1.82) is 0 Å². The van der Waals surface area contributed by atoms with Crippen LogP contribution >= 0.6 is 7.26 Å². The molecule has 0 bridgehead atoms. The molecule has 0 aliphatic heterocycles. The van der Waals surface area contributed by atoms with Crippen molar-refractivity contribution in [2.24, 2.45) is 0 Å². The van der Waals surface area contributed by atoms with Gasteiger partial charge in [0, 0.05) is 6.07 Å². The molecule has 0 unspecified atom stereocenters. The summed E-state index contributed by atoms with van der Waals surface area (Å²) in [5, 5.41) is 3.86. The van der Waals surface area contributed by atoms with Crippen molar-refractivity contribution in [1.82, 2.24) is 5.16 Å². The summed E-state index contributed by atoms with van der Waals surface area (Å²) in [6.45, 7) is 6.64. The Bertz CT molecular complexity index is 175. The van der Waals surface area contributed by atoms with E-state index in [0.717, 1.165) is 5.44 Å². The molecule has 0 N–H and O–H groups in total. The van der Waals surface area contributed by atoms with Crippen LogP contribution in [0, 0.1) is 0 Å². The minimum atomic E-state index is -0.925. The third-order valence-corrected chi connectivity index (χ3v) is 2.72. The van der Waals surface area contributed by atoms with E-state index in [2.05, 4.69) is 25.2 Å². The van der Waals surface area contributed by atoms with Crippen LogP contribution in [0.5, 0.6) is 0 Å². The largest absolute Gasteiger partial charge is 0.361 e. The topological polar surface area (TPSA) is 26.0 Å². The highest BCUT2D eigenvalue weighted by molar-refractivity contribution is 7.80. The lowest BCUT2D eigenvalue weighted by atomic mass is 10.8. The van der Waals surface area contributed by atoms with Crippen molar-refractivity contribution < 1.29 is 4.52 Å². The summed E-state index contributed by atoms with van der Waals surface area (Å²) in [6, 6.07) is 1.94. The molecule has 0 fully saturated rings. The molecule has 1 aromatic heterocycles. The van der Waals surface area contributed by atoms with Crippen LogP contribution in [0.3, 0.4) is 0 Å². The highest BCUT2D eigenvalue weighted by Gasteiger charge is 2.23. The zero-order valence-corrected chi connectivity index (χ0v) is 6.85. The highest BCUT2D eigenvalue weighted by Crippen LogP contribution is 2.43. The van der Waals surface area contributed by atoms with Crippen molar-refractivity contribution in [3.63, 3.8) is 0 Å². The normalized spacial score (nSPS) is 11.9. The molecular formula is C6H11NOP+. The number of aromatic nitrogens is 1. The van der Waals surface area contributed by atoms with Gasteiger partial charge in [-0.25, -0.2) is 0 Å². The third kappa shape index (κ3) is 1.52. The molecule has 0 spiro atoms. The maximum atomic E-state index is 4.72. The first-order valence-electron chi connectivity index (χ1n) is 2.83. The van der Waals surface area contributed by atoms with Crippen LogP contribution in [0.15, 0.2) is 16.9 Å². The lowest BCUT2D eigenvalue weighted by Gasteiger charge is -2.03. The minimum Gasteiger partial charge on any atom is -0.361 e. The quantitative estimate of drug-likeness (QED) is 0.553. The van der Waals surface area contributed by atoms with Crippen LogP contribution in [0.1, 0.15) is 0 Å². The van der Waals surface area contributed by atoms with E-state index in [1.807, 2.05) is 6.07 Å². The van der Waals surface area contributed by atoms with Gasteiger partial charge in [-0.15, -0.1) is 0 Å². The molecule has 9 heavy (non-hydrogen) atoms. The fraction of sp³-hybridized carbons (Fsp3) is 0.500. The predicted octanol–water partition coefficient (Wildman–Crippen LogP) is 1.21.